The van der Waals surface area contributed by atoms with Gasteiger partial charge in [-0.2, -0.15) is 0 Å². The van der Waals surface area contributed by atoms with Crippen LogP contribution in [0, 0.1) is 5.92 Å². The van der Waals surface area contributed by atoms with Crippen molar-refractivity contribution in [3.8, 4) is 11.3 Å². The van der Waals surface area contributed by atoms with Gasteiger partial charge in [-0.25, -0.2) is 0 Å². The van der Waals surface area contributed by atoms with Crippen LogP contribution in [-0.2, 0) is 11.3 Å². The summed E-state index contributed by atoms with van der Waals surface area (Å²) >= 11 is 0. The molecule has 1 amide bonds. The summed E-state index contributed by atoms with van der Waals surface area (Å²) in [5, 5.41) is 6.87. The van der Waals surface area contributed by atoms with Gasteiger partial charge in [0.2, 0.25) is 5.91 Å². The van der Waals surface area contributed by atoms with Crippen LogP contribution in [0.4, 0.5) is 0 Å². The van der Waals surface area contributed by atoms with E-state index in [1.165, 1.54) is 0 Å². The summed E-state index contributed by atoms with van der Waals surface area (Å²) in [6, 6.07) is 12.1. The van der Waals surface area contributed by atoms with Gasteiger partial charge in [0, 0.05) is 25.1 Å². The number of carbonyl (C=O) groups is 1. The molecule has 1 saturated heterocycles. The van der Waals surface area contributed by atoms with Gasteiger partial charge in [-0.15, -0.1) is 0 Å². The molecule has 0 bridgehead atoms. The lowest BCUT2D eigenvalue weighted by Crippen LogP contribution is -2.34. The first-order valence-electron chi connectivity index (χ1n) is 8.18. The van der Waals surface area contributed by atoms with Crippen LogP contribution in [0.2, 0.25) is 0 Å². The minimum Gasteiger partial charge on any atom is -0.359 e. The van der Waals surface area contributed by atoms with Crippen LogP contribution in [-0.4, -0.2) is 36.1 Å². The highest BCUT2D eigenvalue weighted by Gasteiger charge is 2.22. The summed E-state index contributed by atoms with van der Waals surface area (Å²) in [5.41, 5.74) is 1.96. The molecule has 2 heterocycles. The Balaban J connectivity index is 1.51. The average Bonchev–Trinajstić information content (AvgIpc) is 3.06. The summed E-state index contributed by atoms with van der Waals surface area (Å²) in [4.78, 5) is 13.8. The molecular weight excluding hydrogens is 290 g/mol. The van der Waals surface area contributed by atoms with Crippen LogP contribution < -0.4 is 5.32 Å². The van der Waals surface area contributed by atoms with Gasteiger partial charge >= 0.3 is 0 Å². The predicted octanol–water partition coefficient (Wildman–Crippen LogP) is 2.69. The fourth-order valence-corrected chi connectivity index (χ4v) is 3.07. The Kier molecular flexibility index (Phi) is 5.08. The van der Waals surface area contributed by atoms with Crippen LogP contribution in [0.1, 0.15) is 25.0 Å². The number of nitrogens with one attached hydrogen (secondary N) is 1. The third kappa shape index (κ3) is 4.20. The molecule has 0 radical (unpaired) electrons. The van der Waals surface area contributed by atoms with E-state index in [0.29, 0.717) is 12.3 Å². The smallest absolute Gasteiger partial charge is 0.220 e. The first kappa shape index (κ1) is 15.7. The first-order chi connectivity index (χ1) is 11.2. The third-order valence-corrected chi connectivity index (χ3v) is 4.47. The zero-order chi connectivity index (χ0) is 16.1. The van der Waals surface area contributed by atoms with E-state index in [1.807, 2.05) is 36.4 Å². The Morgan fingerprint density at radius 1 is 1.30 bits per heavy atom. The number of aromatic nitrogens is 1. The molecule has 0 unspecified atom stereocenters. The molecule has 2 aromatic rings. The topological polar surface area (TPSA) is 58.4 Å². The molecular formula is C18H23N3O2. The van der Waals surface area contributed by atoms with Crippen LogP contribution in [0.15, 0.2) is 40.9 Å². The van der Waals surface area contributed by atoms with E-state index in [2.05, 4.69) is 15.4 Å². The maximum atomic E-state index is 11.4. The van der Waals surface area contributed by atoms with Crippen LogP contribution in [0.5, 0.6) is 0 Å². The molecule has 1 fully saturated rings. The van der Waals surface area contributed by atoms with Gasteiger partial charge in [-0.1, -0.05) is 35.5 Å². The molecule has 1 aromatic carbocycles. The molecule has 23 heavy (non-hydrogen) atoms. The predicted molar refractivity (Wildman–Crippen MR) is 88.6 cm³/mol. The molecule has 1 N–H and O–H groups in total. The second-order valence-electron chi connectivity index (χ2n) is 6.14. The number of benzene rings is 1. The summed E-state index contributed by atoms with van der Waals surface area (Å²) in [6.45, 7) is 2.79. The van der Waals surface area contributed by atoms with Gasteiger partial charge in [0.05, 0.1) is 6.54 Å². The summed E-state index contributed by atoms with van der Waals surface area (Å²) < 4.78 is 5.47. The van der Waals surface area contributed by atoms with E-state index in [-0.39, 0.29) is 5.91 Å². The molecule has 0 saturated carbocycles. The van der Waals surface area contributed by atoms with Crippen molar-refractivity contribution >= 4 is 5.91 Å². The van der Waals surface area contributed by atoms with Crippen molar-refractivity contribution in [1.82, 2.24) is 15.4 Å². The van der Waals surface area contributed by atoms with Gasteiger partial charge in [-0.05, 0) is 31.8 Å². The SMILES string of the molecule is CNC(=O)CC1CCN(Cc2cc(-c3ccccc3)no2)CC1. The quantitative estimate of drug-likeness (QED) is 0.922. The van der Waals surface area contributed by atoms with E-state index < -0.39 is 0 Å². The molecule has 5 nitrogen and oxygen atoms in total. The Morgan fingerprint density at radius 2 is 2.04 bits per heavy atom. The van der Waals surface area contributed by atoms with Crippen molar-refractivity contribution in [2.24, 2.45) is 5.92 Å². The van der Waals surface area contributed by atoms with E-state index in [9.17, 15) is 4.79 Å². The molecule has 0 aliphatic carbocycles. The van der Waals surface area contributed by atoms with E-state index in [0.717, 1.165) is 49.5 Å². The summed E-state index contributed by atoms with van der Waals surface area (Å²) in [6.07, 6.45) is 2.77. The highest BCUT2D eigenvalue weighted by atomic mass is 16.5. The van der Waals surface area contributed by atoms with E-state index >= 15 is 0 Å². The number of hydrogen-bond donors (Lipinski definition) is 1. The van der Waals surface area contributed by atoms with Crippen molar-refractivity contribution in [3.05, 3.63) is 42.2 Å². The van der Waals surface area contributed by atoms with Crippen LogP contribution in [0.3, 0.4) is 0 Å². The fraction of sp³-hybridized carbons (Fsp3) is 0.444. The normalized spacial score (nSPS) is 16.4. The van der Waals surface area contributed by atoms with Crippen molar-refractivity contribution in [2.75, 3.05) is 20.1 Å². The molecule has 1 aromatic heterocycles. The van der Waals surface area contributed by atoms with E-state index in [1.54, 1.807) is 7.05 Å². The summed E-state index contributed by atoms with van der Waals surface area (Å²) in [7, 11) is 1.70. The number of rotatable bonds is 5. The molecule has 0 atom stereocenters. The van der Waals surface area contributed by atoms with Gasteiger partial charge < -0.3 is 9.84 Å². The Bertz CT molecular complexity index is 631. The minimum absolute atomic E-state index is 0.145. The summed E-state index contributed by atoms with van der Waals surface area (Å²) in [5.74, 6) is 1.54. The van der Waals surface area contributed by atoms with Crippen molar-refractivity contribution in [1.29, 1.82) is 0 Å². The average molecular weight is 313 g/mol. The number of carbonyl (C=O) groups excluding carboxylic acids is 1. The number of piperidine rings is 1. The maximum absolute atomic E-state index is 11.4. The number of hydrogen-bond acceptors (Lipinski definition) is 4. The Morgan fingerprint density at radius 3 is 2.74 bits per heavy atom. The van der Waals surface area contributed by atoms with Gasteiger partial charge in [0.15, 0.2) is 5.76 Å². The van der Waals surface area contributed by atoms with Crippen molar-refractivity contribution in [3.63, 3.8) is 0 Å². The number of likely N-dealkylation sites (tertiary alicyclic amines) is 1. The van der Waals surface area contributed by atoms with E-state index in [4.69, 9.17) is 4.52 Å². The highest BCUT2D eigenvalue weighted by Crippen LogP contribution is 2.23. The zero-order valence-corrected chi connectivity index (χ0v) is 13.5. The molecule has 1 aliphatic rings. The first-order valence-corrected chi connectivity index (χ1v) is 8.18. The number of amides is 1. The fourth-order valence-electron chi connectivity index (χ4n) is 3.07. The second kappa shape index (κ2) is 7.42. The van der Waals surface area contributed by atoms with Crippen LogP contribution >= 0.6 is 0 Å². The molecule has 1 aliphatic heterocycles. The Labute approximate surface area is 136 Å². The maximum Gasteiger partial charge on any atom is 0.220 e. The largest absolute Gasteiger partial charge is 0.359 e. The lowest BCUT2D eigenvalue weighted by Gasteiger charge is -2.30. The molecule has 3 rings (SSSR count). The monoisotopic (exact) mass is 313 g/mol. The molecule has 0 spiro atoms. The highest BCUT2D eigenvalue weighted by molar-refractivity contribution is 5.75. The number of nitrogens with zero attached hydrogens (tertiary/aromatic N) is 2. The lowest BCUT2D eigenvalue weighted by atomic mass is 9.93. The molecule has 122 valence electrons. The molecule has 5 heteroatoms. The van der Waals surface area contributed by atoms with Crippen molar-refractivity contribution < 1.29 is 9.32 Å². The standard InChI is InChI=1S/C18H23N3O2/c1-19-18(22)11-14-7-9-21(10-8-14)13-16-12-17(20-23-16)15-5-3-2-4-6-15/h2-6,12,14H,7-11,13H2,1H3,(H,19,22). The minimum atomic E-state index is 0.145. The second-order valence-corrected chi connectivity index (χ2v) is 6.14. The lowest BCUT2D eigenvalue weighted by molar-refractivity contribution is -0.121. The van der Waals surface area contributed by atoms with Gasteiger partial charge in [0.25, 0.3) is 0 Å². The Hall–Kier alpha value is -2.14. The zero-order valence-electron chi connectivity index (χ0n) is 13.5. The van der Waals surface area contributed by atoms with Crippen molar-refractivity contribution in [2.45, 2.75) is 25.8 Å². The third-order valence-electron chi connectivity index (χ3n) is 4.47. The van der Waals surface area contributed by atoms with Crippen LogP contribution in [0.25, 0.3) is 11.3 Å². The van der Waals surface area contributed by atoms with Gasteiger partial charge in [-0.3, -0.25) is 9.69 Å². The van der Waals surface area contributed by atoms with Gasteiger partial charge in [0.1, 0.15) is 5.69 Å².